The predicted molar refractivity (Wildman–Crippen MR) is 112 cm³/mol. The third kappa shape index (κ3) is 10.7. The number of guanidine groups is 1. The molecule has 0 aromatic rings. The molecule has 0 radical (unpaired) electrons. The molecule has 0 aliphatic carbocycles. The second kappa shape index (κ2) is 11.8. The highest BCUT2D eigenvalue weighted by Gasteiger charge is 2.26. The fourth-order valence-corrected chi connectivity index (χ4v) is 2.19. The molecule has 0 spiro atoms. The number of amides is 1. The normalized spacial score (nSPS) is 16.0. The number of carbonyl (C=O) groups excluding carboxylic acids is 1. The van der Waals surface area contributed by atoms with Crippen LogP contribution in [0.25, 0.3) is 0 Å². The number of halogens is 1. The molecule has 0 aromatic heterocycles. The van der Waals surface area contributed by atoms with Gasteiger partial charge in [0.05, 0.1) is 13.2 Å². The molecule has 1 fully saturated rings. The second-order valence-corrected chi connectivity index (χ2v) is 7.49. The van der Waals surface area contributed by atoms with Crippen LogP contribution in [-0.4, -0.2) is 73.4 Å². The van der Waals surface area contributed by atoms with Crippen LogP contribution in [0.5, 0.6) is 0 Å². The molecule has 0 aromatic carbocycles. The zero-order chi connectivity index (χ0) is 18.2. The van der Waals surface area contributed by atoms with Crippen LogP contribution in [0.3, 0.4) is 0 Å². The van der Waals surface area contributed by atoms with Crippen molar-refractivity contribution in [2.24, 2.45) is 16.6 Å². The third-order valence-electron chi connectivity index (χ3n) is 3.60. The number of aliphatic imine (C=N–C) groups is 1. The average molecular weight is 470 g/mol. The Morgan fingerprint density at radius 1 is 1.12 bits per heavy atom. The first-order chi connectivity index (χ1) is 11.2. The van der Waals surface area contributed by atoms with Gasteiger partial charge in [0.1, 0.15) is 5.60 Å². The van der Waals surface area contributed by atoms with Crippen molar-refractivity contribution in [2.75, 3.05) is 45.9 Å². The first-order valence-corrected chi connectivity index (χ1v) is 8.79. The standard InChI is InChI=1S/C17H34N4O3.HI/c1-14(2)6-12-23-13-7-19-15(18)20-8-10-21(11-9-20)16(22)24-17(3,4)5;/h14H,6-13H2,1-5H3,(H2,18,19);1H. The molecule has 1 amide bonds. The van der Waals surface area contributed by atoms with Gasteiger partial charge in [-0.1, -0.05) is 13.8 Å². The van der Waals surface area contributed by atoms with Crippen LogP contribution >= 0.6 is 24.0 Å². The van der Waals surface area contributed by atoms with Gasteiger partial charge in [0.15, 0.2) is 5.96 Å². The number of nitrogens with zero attached hydrogens (tertiary/aromatic N) is 3. The molecule has 148 valence electrons. The van der Waals surface area contributed by atoms with Gasteiger partial charge in [0.25, 0.3) is 0 Å². The largest absolute Gasteiger partial charge is 0.444 e. The Morgan fingerprint density at radius 2 is 1.68 bits per heavy atom. The molecular formula is C17H35IN4O3. The Morgan fingerprint density at radius 3 is 2.20 bits per heavy atom. The van der Waals surface area contributed by atoms with E-state index in [0.717, 1.165) is 13.0 Å². The number of nitrogens with two attached hydrogens (primary N) is 1. The molecule has 1 heterocycles. The number of ether oxygens (including phenoxy) is 2. The molecule has 25 heavy (non-hydrogen) atoms. The first kappa shape index (κ1) is 24.2. The molecule has 0 unspecified atom stereocenters. The van der Waals surface area contributed by atoms with Gasteiger partial charge >= 0.3 is 6.09 Å². The van der Waals surface area contributed by atoms with Crippen molar-refractivity contribution in [1.29, 1.82) is 0 Å². The van der Waals surface area contributed by atoms with E-state index in [2.05, 4.69) is 18.8 Å². The quantitative estimate of drug-likeness (QED) is 0.279. The number of hydrogen-bond donors (Lipinski definition) is 1. The lowest BCUT2D eigenvalue weighted by Crippen LogP contribution is -2.53. The topological polar surface area (TPSA) is 80.4 Å². The van der Waals surface area contributed by atoms with Crippen LogP contribution in [0, 0.1) is 5.92 Å². The third-order valence-corrected chi connectivity index (χ3v) is 3.60. The van der Waals surface area contributed by atoms with Crippen molar-refractivity contribution in [3.05, 3.63) is 0 Å². The summed E-state index contributed by atoms with van der Waals surface area (Å²) in [4.78, 5) is 20.1. The van der Waals surface area contributed by atoms with Gasteiger partial charge in [0, 0.05) is 32.8 Å². The first-order valence-electron chi connectivity index (χ1n) is 8.79. The van der Waals surface area contributed by atoms with Gasteiger partial charge in [-0.3, -0.25) is 4.99 Å². The zero-order valence-electron chi connectivity index (χ0n) is 16.3. The van der Waals surface area contributed by atoms with Crippen LogP contribution in [0.15, 0.2) is 4.99 Å². The van der Waals surface area contributed by atoms with E-state index in [4.69, 9.17) is 15.2 Å². The van der Waals surface area contributed by atoms with Crippen LogP contribution in [-0.2, 0) is 9.47 Å². The van der Waals surface area contributed by atoms with Gasteiger partial charge in [-0.05, 0) is 33.1 Å². The van der Waals surface area contributed by atoms with E-state index in [1.54, 1.807) is 4.90 Å². The summed E-state index contributed by atoms with van der Waals surface area (Å²) in [5.41, 5.74) is 5.55. The van der Waals surface area contributed by atoms with Gasteiger partial charge in [-0.15, -0.1) is 24.0 Å². The molecule has 1 aliphatic heterocycles. The maximum absolute atomic E-state index is 12.0. The SMILES string of the molecule is CC(C)CCOCCN=C(N)N1CCN(C(=O)OC(C)(C)C)CC1.I. The maximum atomic E-state index is 12.0. The molecule has 0 atom stereocenters. The Labute approximate surface area is 169 Å². The van der Waals surface area contributed by atoms with Crippen LogP contribution in [0.2, 0.25) is 0 Å². The molecule has 2 N–H and O–H groups in total. The Hall–Kier alpha value is -0.770. The fraction of sp³-hybridized carbons (Fsp3) is 0.882. The Kier molecular flexibility index (Phi) is 11.4. The summed E-state index contributed by atoms with van der Waals surface area (Å²) in [6, 6.07) is 0. The van der Waals surface area contributed by atoms with E-state index in [-0.39, 0.29) is 30.1 Å². The number of hydrogen-bond acceptors (Lipinski definition) is 4. The molecular weight excluding hydrogens is 435 g/mol. The van der Waals surface area contributed by atoms with Crippen molar-refractivity contribution in [3.8, 4) is 0 Å². The number of carbonyl (C=O) groups is 1. The minimum Gasteiger partial charge on any atom is -0.444 e. The highest BCUT2D eigenvalue weighted by Crippen LogP contribution is 2.11. The van der Waals surface area contributed by atoms with E-state index in [1.807, 2.05) is 25.7 Å². The summed E-state index contributed by atoms with van der Waals surface area (Å²) in [5.74, 6) is 1.17. The van der Waals surface area contributed by atoms with Gasteiger partial charge < -0.3 is 25.0 Å². The summed E-state index contributed by atoms with van der Waals surface area (Å²) >= 11 is 0. The lowest BCUT2D eigenvalue weighted by molar-refractivity contribution is 0.0186. The van der Waals surface area contributed by atoms with Crippen molar-refractivity contribution in [1.82, 2.24) is 9.80 Å². The predicted octanol–water partition coefficient (Wildman–Crippen LogP) is 2.53. The van der Waals surface area contributed by atoms with Crippen molar-refractivity contribution in [2.45, 2.75) is 46.6 Å². The summed E-state index contributed by atoms with van der Waals surface area (Å²) in [5, 5.41) is 0. The molecule has 8 heteroatoms. The lowest BCUT2D eigenvalue weighted by Gasteiger charge is -2.36. The van der Waals surface area contributed by atoms with Crippen molar-refractivity contribution < 1.29 is 14.3 Å². The number of piperazine rings is 1. The molecule has 0 bridgehead atoms. The summed E-state index contributed by atoms with van der Waals surface area (Å²) in [6.07, 6.45) is 0.794. The molecule has 1 saturated heterocycles. The van der Waals surface area contributed by atoms with E-state index in [1.165, 1.54) is 0 Å². The fourth-order valence-electron chi connectivity index (χ4n) is 2.19. The summed E-state index contributed by atoms with van der Waals surface area (Å²) in [6.45, 7) is 14.4. The van der Waals surface area contributed by atoms with Crippen LogP contribution < -0.4 is 5.73 Å². The number of rotatable bonds is 6. The van der Waals surface area contributed by atoms with Crippen molar-refractivity contribution in [3.63, 3.8) is 0 Å². The highest BCUT2D eigenvalue weighted by atomic mass is 127. The van der Waals surface area contributed by atoms with E-state index < -0.39 is 5.60 Å². The minimum atomic E-state index is -0.468. The summed E-state index contributed by atoms with van der Waals surface area (Å²) in [7, 11) is 0. The minimum absolute atomic E-state index is 0. The Balaban J connectivity index is 0.00000576. The van der Waals surface area contributed by atoms with E-state index in [9.17, 15) is 4.79 Å². The molecule has 0 saturated carbocycles. The highest BCUT2D eigenvalue weighted by molar-refractivity contribution is 14.0. The smallest absolute Gasteiger partial charge is 0.410 e. The molecule has 7 nitrogen and oxygen atoms in total. The molecule has 1 rings (SSSR count). The van der Waals surface area contributed by atoms with Crippen LogP contribution in [0.1, 0.15) is 41.0 Å². The van der Waals surface area contributed by atoms with Gasteiger partial charge in [-0.25, -0.2) is 4.79 Å². The van der Waals surface area contributed by atoms with Gasteiger partial charge in [-0.2, -0.15) is 0 Å². The van der Waals surface area contributed by atoms with Gasteiger partial charge in [0.2, 0.25) is 0 Å². The monoisotopic (exact) mass is 470 g/mol. The maximum Gasteiger partial charge on any atom is 0.410 e. The van der Waals surface area contributed by atoms with E-state index >= 15 is 0 Å². The van der Waals surface area contributed by atoms with Crippen molar-refractivity contribution >= 4 is 36.0 Å². The zero-order valence-corrected chi connectivity index (χ0v) is 18.6. The Bertz CT molecular complexity index is 417. The van der Waals surface area contributed by atoms with Crippen LogP contribution in [0.4, 0.5) is 4.79 Å². The van der Waals surface area contributed by atoms with E-state index in [0.29, 0.717) is 51.2 Å². The average Bonchev–Trinajstić information content (AvgIpc) is 2.48. The lowest BCUT2D eigenvalue weighted by atomic mass is 10.1. The second-order valence-electron chi connectivity index (χ2n) is 7.49. The summed E-state index contributed by atoms with van der Waals surface area (Å²) < 4.78 is 10.9. The molecule has 1 aliphatic rings.